The third-order valence-corrected chi connectivity index (χ3v) is 3.94. The molecule has 116 valence electrons. The van der Waals surface area contributed by atoms with Crippen LogP contribution in [0.4, 0.5) is 5.69 Å². The predicted octanol–water partition coefficient (Wildman–Crippen LogP) is 2.21. The first-order valence-corrected chi connectivity index (χ1v) is 7.76. The Bertz CT molecular complexity index is 465. The number of nitro benzene ring substituents is 1. The Labute approximate surface area is 128 Å². The molecule has 21 heavy (non-hydrogen) atoms. The van der Waals surface area contributed by atoms with Crippen molar-refractivity contribution in [2.45, 2.75) is 24.7 Å². The fraction of sp³-hybridized carbons (Fsp3) is 0.500. The third kappa shape index (κ3) is 7.10. The van der Waals surface area contributed by atoms with Gasteiger partial charge in [-0.05, 0) is 30.9 Å². The van der Waals surface area contributed by atoms with Gasteiger partial charge < -0.3 is 10.4 Å². The average Bonchev–Trinajstić information content (AvgIpc) is 2.49. The molecule has 0 aliphatic heterocycles. The highest BCUT2D eigenvalue weighted by molar-refractivity contribution is 8.00. The maximum atomic E-state index is 11.6. The number of aliphatic hydroxyl groups excluding tert-OH is 1. The first-order valence-electron chi connectivity index (χ1n) is 6.77. The van der Waals surface area contributed by atoms with E-state index in [2.05, 4.69) is 5.32 Å². The van der Waals surface area contributed by atoms with Crippen molar-refractivity contribution in [3.05, 3.63) is 34.4 Å². The predicted molar refractivity (Wildman–Crippen MR) is 82.3 cm³/mol. The van der Waals surface area contributed by atoms with Crippen LogP contribution in [0.5, 0.6) is 0 Å². The van der Waals surface area contributed by atoms with Gasteiger partial charge in [0.25, 0.3) is 5.69 Å². The number of nitrogens with zero attached hydrogens (tertiary/aromatic N) is 1. The molecule has 2 N–H and O–H groups in total. The average molecular weight is 312 g/mol. The van der Waals surface area contributed by atoms with Crippen molar-refractivity contribution in [1.29, 1.82) is 0 Å². The molecule has 0 spiro atoms. The van der Waals surface area contributed by atoms with Crippen molar-refractivity contribution in [2.24, 2.45) is 5.92 Å². The Kier molecular flexibility index (Phi) is 7.78. The maximum absolute atomic E-state index is 11.6. The lowest BCUT2D eigenvalue weighted by molar-refractivity contribution is -0.384. The lowest BCUT2D eigenvalue weighted by Gasteiger charge is -2.08. The van der Waals surface area contributed by atoms with Gasteiger partial charge in [-0.3, -0.25) is 14.9 Å². The summed E-state index contributed by atoms with van der Waals surface area (Å²) in [6.45, 7) is 2.74. The smallest absolute Gasteiger partial charge is 0.269 e. The molecule has 0 aromatic heterocycles. The van der Waals surface area contributed by atoms with Crippen molar-refractivity contribution >= 4 is 23.4 Å². The van der Waals surface area contributed by atoms with Gasteiger partial charge in [0.05, 0.1) is 10.7 Å². The summed E-state index contributed by atoms with van der Waals surface area (Å²) in [4.78, 5) is 22.5. The van der Waals surface area contributed by atoms with Crippen molar-refractivity contribution in [3.8, 4) is 0 Å². The van der Waals surface area contributed by atoms with Crippen LogP contribution in [-0.4, -0.2) is 34.8 Å². The number of rotatable bonds is 9. The quantitative estimate of drug-likeness (QED) is 0.316. The van der Waals surface area contributed by atoms with Gasteiger partial charge in [0.2, 0.25) is 5.91 Å². The van der Waals surface area contributed by atoms with Crippen molar-refractivity contribution in [1.82, 2.24) is 5.32 Å². The van der Waals surface area contributed by atoms with Gasteiger partial charge in [-0.25, -0.2) is 0 Å². The molecule has 1 aromatic rings. The summed E-state index contributed by atoms with van der Waals surface area (Å²) >= 11 is 1.34. The van der Waals surface area contributed by atoms with E-state index in [9.17, 15) is 14.9 Å². The second-order valence-electron chi connectivity index (χ2n) is 4.82. The molecule has 0 radical (unpaired) electrons. The molecule has 0 aliphatic carbocycles. The summed E-state index contributed by atoms with van der Waals surface area (Å²) in [5.41, 5.74) is 0.0433. The molecule has 0 aliphatic rings. The van der Waals surface area contributed by atoms with Gasteiger partial charge >= 0.3 is 0 Å². The molecule has 0 bridgehead atoms. The maximum Gasteiger partial charge on any atom is 0.269 e. The minimum absolute atomic E-state index is 0.0433. The standard InChI is InChI=1S/C14H20N2O4S/c1-11(9-17)3-2-8-15-14(18)10-21-13-6-4-12(5-7-13)16(19)20/h4-7,11,17H,2-3,8-10H2,1H3,(H,15,18). The van der Waals surface area contributed by atoms with Crippen molar-refractivity contribution < 1.29 is 14.8 Å². The van der Waals surface area contributed by atoms with Gasteiger partial charge in [0, 0.05) is 30.2 Å². The SMILES string of the molecule is CC(CO)CCCNC(=O)CSc1ccc([N+](=O)[O-])cc1. The number of benzene rings is 1. The zero-order valence-corrected chi connectivity index (χ0v) is 12.8. The summed E-state index contributed by atoms with van der Waals surface area (Å²) in [5, 5.41) is 22.2. The normalized spacial score (nSPS) is 11.9. The van der Waals surface area contributed by atoms with E-state index in [-0.39, 0.29) is 29.9 Å². The monoisotopic (exact) mass is 312 g/mol. The van der Waals surface area contributed by atoms with E-state index in [1.54, 1.807) is 12.1 Å². The summed E-state index contributed by atoms with van der Waals surface area (Å²) in [5.74, 6) is 0.485. The number of amides is 1. The number of carbonyl (C=O) groups excluding carboxylic acids is 1. The highest BCUT2D eigenvalue weighted by Gasteiger charge is 2.06. The van der Waals surface area contributed by atoms with Crippen LogP contribution in [0.15, 0.2) is 29.2 Å². The lowest BCUT2D eigenvalue weighted by atomic mass is 10.1. The van der Waals surface area contributed by atoms with Crippen LogP contribution in [-0.2, 0) is 4.79 Å². The van der Waals surface area contributed by atoms with Crippen LogP contribution < -0.4 is 5.32 Å². The number of carbonyl (C=O) groups is 1. The summed E-state index contributed by atoms with van der Waals surface area (Å²) in [6.07, 6.45) is 1.72. The van der Waals surface area contributed by atoms with Crippen LogP contribution in [0.2, 0.25) is 0 Å². The fourth-order valence-electron chi connectivity index (χ4n) is 1.63. The van der Waals surface area contributed by atoms with E-state index in [0.29, 0.717) is 6.54 Å². The summed E-state index contributed by atoms with van der Waals surface area (Å²) < 4.78 is 0. The zero-order valence-electron chi connectivity index (χ0n) is 11.9. The number of non-ortho nitro benzene ring substituents is 1. The van der Waals surface area contributed by atoms with Crippen molar-refractivity contribution in [2.75, 3.05) is 18.9 Å². The molecule has 1 aromatic carbocycles. The minimum Gasteiger partial charge on any atom is -0.396 e. The molecule has 0 saturated carbocycles. The summed E-state index contributed by atoms with van der Waals surface area (Å²) in [7, 11) is 0. The van der Waals surface area contributed by atoms with E-state index in [1.165, 1.54) is 23.9 Å². The molecule has 1 rings (SSSR count). The van der Waals surface area contributed by atoms with Crippen LogP contribution in [0, 0.1) is 16.0 Å². The largest absolute Gasteiger partial charge is 0.396 e. The Morgan fingerprint density at radius 1 is 1.43 bits per heavy atom. The number of hydrogen-bond donors (Lipinski definition) is 2. The molecule has 1 unspecified atom stereocenters. The second kappa shape index (κ2) is 9.36. The van der Waals surface area contributed by atoms with Crippen LogP contribution in [0.25, 0.3) is 0 Å². The van der Waals surface area contributed by atoms with E-state index in [0.717, 1.165) is 17.7 Å². The van der Waals surface area contributed by atoms with Gasteiger partial charge in [-0.15, -0.1) is 11.8 Å². The van der Waals surface area contributed by atoms with Crippen LogP contribution >= 0.6 is 11.8 Å². The highest BCUT2D eigenvalue weighted by atomic mass is 32.2. The topological polar surface area (TPSA) is 92.5 Å². The van der Waals surface area contributed by atoms with Crippen LogP contribution in [0.3, 0.4) is 0 Å². The lowest BCUT2D eigenvalue weighted by Crippen LogP contribution is -2.26. The third-order valence-electron chi connectivity index (χ3n) is 2.93. The number of thioether (sulfide) groups is 1. The Balaban J connectivity index is 2.22. The number of nitro groups is 1. The summed E-state index contributed by atoms with van der Waals surface area (Å²) in [6, 6.07) is 6.13. The fourth-order valence-corrected chi connectivity index (χ4v) is 2.36. The Morgan fingerprint density at radius 3 is 2.67 bits per heavy atom. The minimum atomic E-state index is -0.450. The van der Waals surface area contributed by atoms with E-state index in [4.69, 9.17) is 5.11 Å². The van der Waals surface area contributed by atoms with E-state index >= 15 is 0 Å². The number of aliphatic hydroxyl groups is 1. The Morgan fingerprint density at radius 2 is 2.10 bits per heavy atom. The van der Waals surface area contributed by atoms with Crippen LogP contribution in [0.1, 0.15) is 19.8 Å². The molecule has 0 heterocycles. The van der Waals surface area contributed by atoms with Gasteiger partial charge in [-0.1, -0.05) is 6.92 Å². The first kappa shape index (κ1) is 17.5. The number of hydrogen-bond acceptors (Lipinski definition) is 5. The molecule has 6 nitrogen and oxygen atoms in total. The molecule has 0 saturated heterocycles. The second-order valence-corrected chi connectivity index (χ2v) is 5.87. The number of nitrogens with one attached hydrogen (secondary N) is 1. The first-order chi connectivity index (χ1) is 10.0. The molecule has 0 fully saturated rings. The molecular formula is C14H20N2O4S. The van der Waals surface area contributed by atoms with E-state index < -0.39 is 4.92 Å². The molecule has 1 amide bonds. The highest BCUT2D eigenvalue weighted by Crippen LogP contribution is 2.20. The Hall–Kier alpha value is -1.60. The molecule has 7 heteroatoms. The van der Waals surface area contributed by atoms with E-state index in [1.807, 2.05) is 6.92 Å². The van der Waals surface area contributed by atoms with Gasteiger partial charge in [0.1, 0.15) is 0 Å². The zero-order chi connectivity index (χ0) is 15.7. The van der Waals surface area contributed by atoms with Crippen molar-refractivity contribution in [3.63, 3.8) is 0 Å². The molecule has 1 atom stereocenters. The molecular weight excluding hydrogens is 292 g/mol. The van der Waals surface area contributed by atoms with Gasteiger partial charge in [-0.2, -0.15) is 0 Å². The van der Waals surface area contributed by atoms with Gasteiger partial charge in [0.15, 0.2) is 0 Å².